The Hall–Kier alpha value is -0.430. The second-order valence-electron chi connectivity index (χ2n) is 6.58. The minimum absolute atomic E-state index is 0.282. The van der Waals surface area contributed by atoms with E-state index >= 15 is 0 Å². The molecule has 0 spiro atoms. The van der Waals surface area contributed by atoms with Gasteiger partial charge >= 0.3 is 0 Å². The summed E-state index contributed by atoms with van der Waals surface area (Å²) in [6.45, 7) is 8.62. The topological polar surface area (TPSA) is 58.2 Å². The molecule has 0 atom stereocenters. The molecule has 0 unspecified atom stereocenters. The first-order valence-electron chi connectivity index (χ1n) is 7.58. The normalized spacial score (nSPS) is 18.5. The smallest absolute Gasteiger partial charge is 0.242 e. The summed E-state index contributed by atoms with van der Waals surface area (Å²) in [5, 5.41) is 5.24. The molecule has 1 heterocycles. The summed E-state index contributed by atoms with van der Waals surface area (Å²) in [7, 11) is -3.45. The van der Waals surface area contributed by atoms with Crippen LogP contribution in [0.4, 0.5) is 0 Å². The van der Waals surface area contributed by atoms with Crippen molar-refractivity contribution in [2.75, 3.05) is 0 Å². The van der Waals surface area contributed by atoms with Crippen molar-refractivity contribution in [3.8, 4) is 0 Å². The molecule has 0 aromatic carbocycles. The van der Waals surface area contributed by atoms with Crippen molar-refractivity contribution in [3.05, 3.63) is 15.8 Å². The molecule has 21 heavy (non-hydrogen) atoms. The van der Waals surface area contributed by atoms with Crippen molar-refractivity contribution in [1.82, 2.24) is 10.0 Å². The fraction of sp³-hybridized carbons (Fsp3) is 0.733. The molecule has 6 heteroatoms. The van der Waals surface area contributed by atoms with Gasteiger partial charge in [-0.15, -0.1) is 11.3 Å². The Morgan fingerprint density at radius 1 is 1.33 bits per heavy atom. The molecule has 1 aliphatic carbocycles. The Morgan fingerprint density at radius 3 is 2.52 bits per heavy atom. The fourth-order valence-corrected chi connectivity index (χ4v) is 6.13. The zero-order valence-electron chi connectivity index (χ0n) is 13.3. The predicted octanol–water partition coefficient (Wildman–Crippen LogP) is 3.17. The van der Waals surface area contributed by atoms with E-state index in [-0.39, 0.29) is 5.54 Å². The van der Waals surface area contributed by atoms with Gasteiger partial charge in [-0.3, -0.25) is 0 Å². The number of hydrogen-bond acceptors (Lipinski definition) is 4. The Bertz CT molecular complexity index is 585. The van der Waals surface area contributed by atoms with Crippen LogP contribution in [0.15, 0.2) is 10.3 Å². The average molecular weight is 331 g/mol. The van der Waals surface area contributed by atoms with Crippen LogP contribution in [-0.2, 0) is 16.6 Å². The van der Waals surface area contributed by atoms with Gasteiger partial charge in [0.25, 0.3) is 0 Å². The van der Waals surface area contributed by atoms with Gasteiger partial charge < -0.3 is 5.32 Å². The van der Waals surface area contributed by atoms with Crippen LogP contribution in [0, 0.1) is 6.92 Å². The lowest BCUT2D eigenvalue weighted by Crippen LogP contribution is -2.43. The van der Waals surface area contributed by atoms with E-state index in [4.69, 9.17) is 0 Å². The standard InChI is InChI=1S/C15H26N2O2S2/c1-11(2)16-9-13-14(12(3)10-20-13)21(18,19)17-15(4)7-5-6-8-15/h10-11,16-17H,5-9H2,1-4H3. The maximum atomic E-state index is 12.8. The summed E-state index contributed by atoms with van der Waals surface area (Å²) in [4.78, 5) is 1.38. The maximum Gasteiger partial charge on any atom is 0.242 e. The van der Waals surface area contributed by atoms with Crippen LogP contribution in [0.5, 0.6) is 0 Å². The van der Waals surface area contributed by atoms with E-state index in [0.29, 0.717) is 17.5 Å². The van der Waals surface area contributed by atoms with Gasteiger partial charge in [-0.1, -0.05) is 26.7 Å². The largest absolute Gasteiger partial charge is 0.310 e. The van der Waals surface area contributed by atoms with Crippen molar-refractivity contribution in [2.45, 2.75) is 76.4 Å². The van der Waals surface area contributed by atoms with Gasteiger partial charge in [0.15, 0.2) is 0 Å². The van der Waals surface area contributed by atoms with Gasteiger partial charge in [-0.05, 0) is 37.6 Å². The van der Waals surface area contributed by atoms with Gasteiger partial charge in [-0.25, -0.2) is 13.1 Å². The van der Waals surface area contributed by atoms with Crippen LogP contribution in [0.1, 0.15) is 56.9 Å². The minimum Gasteiger partial charge on any atom is -0.310 e. The van der Waals surface area contributed by atoms with E-state index in [0.717, 1.165) is 36.1 Å². The highest BCUT2D eigenvalue weighted by Gasteiger charge is 2.35. The van der Waals surface area contributed by atoms with Crippen LogP contribution in [-0.4, -0.2) is 20.0 Å². The van der Waals surface area contributed by atoms with Gasteiger partial charge in [0, 0.05) is 23.0 Å². The van der Waals surface area contributed by atoms with Crippen molar-refractivity contribution < 1.29 is 8.42 Å². The average Bonchev–Trinajstić information content (AvgIpc) is 2.92. The zero-order chi connectivity index (χ0) is 15.7. The quantitative estimate of drug-likeness (QED) is 0.842. The van der Waals surface area contributed by atoms with Crippen LogP contribution in [0.3, 0.4) is 0 Å². The first-order valence-corrected chi connectivity index (χ1v) is 9.94. The number of thiophene rings is 1. The summed E-state index contributed by atoms with van der Waals surface area (Å²) in [5.74, 6) is 0. The lowest BCUT2D eigenvalue weighted by molar-refractivity contribution is 0.427. The molecule has 0 radical (unpaired) electrons. The third kappa shape index (κ3) is 4.06. The highest BCUT2D eigenvalue weighted by atomic mass is 32.2. The highest BCUT2D eigenvalue weighted by molar-refractivity contribution is 7.89. The van der Waals surface area contributed by atoms with E-state index in [1.54, 1.807) is 0 Å². The molecule has 0 saturated heterocycles. The fourth-order valence-electron chi connectivity index (χ4n) is 2.90. The molecular weight excluding hydrogens is 304 g/mol. The van der Waals surface area contributed by atoms with E-state index < -0.39 is 10.0 Å². The molecule has 0 bridgehead atoms. The summed E-state index contributed by atoms with van der Waals surface area (Å²) < 4.78 is 28.6. The SMILES string of the molecule is Cc1csc(CNC(C)C)c1S(=O)(=O)NC1(C)CCCC1. The molecule has 1 fully saturated rings. The molecule has 2 N–H and O–H groups in total. The molecule has 120 valence electrons. The van der Waals surface area contributed by atoms with E-state index in [1.807, 2.05) is 19.2 Å². The van der Waals surface area contributed by atoms with Gasteiger partial charge in [0.2, 0.25) is 10.0 Å². The van der Waals surface area contributed by atoms with Gasteiger partial charge in [0.05, 0.1) is 0 Å². The van der Waals surface area contributed by atoms with Crippen LogP contribution < -0.4 is 10.0 Å². The minimum atomic E-state index is -3.45. The lowest BCUT2D eigenvalue weighted by Gasteiger charge is -2.25. The molecule has 0 amide bonds. The first kappa shape index (κ1) is 16.9. The van der Waals surface area contributed by atoms with Crippen LogP contribution in [0.25, 0.3) is 0 Å². The van der Waals surface area contributed by atoms with E-state index in [2.05, 4.69) is 23.9 Å². The highest BCUT2D eigenvalue weighted by Crippen LogP contribution is 2.33. The third-order valence-corrected chi connectivity index (χ3v) is 7.12. The number of rotatable bonds is 6. The predicted molar refractivity (Wildman–Crippen MR) is 88.2 cm³/mol. The number of nitrogens with one attached hydrogen (secondary N) is 2. The number of sulfonamides is 1. The van der Waals surface area contributed by atoms with Crippen molar-refractivity contribution >= 4 is 21.4 Å². The molecule has 1 aromatic rings. The summed E-state index contributed by atoms with van der Waals surface area (Å²) in [5.41, 5.74) is 0.560. The lowest BCUT2D eigenvalue weighted by atomic mass is 10.0. The van der Waals surface area contributed by atoms with Gasteiger partial charge in [-0.2, -0.15) is 0 Å². The maximum absolute atomic E-state index is 12.8. The molecule has 1 aromatic heterocycles. The zero-order valence-corrected chi connectivity index (χ0v) is 15.0. The molecule has 4 nitrogen and oxygen atoms in total. The van der Waals surface area contributed by atoms with Crippen LogP contribution in [0.2, 0.25) is 0 Å². The third-order valence-electron chi connectivity index (χ3n) is 4.02. The molecule has 2 rings (SSSR count). The molecule has 0 aliphatic heterocycles. The number of hydrogen-bond donors (Lipinski definition) is 2. The first-order chi connectivity index (χ1) is 9.73. The number of aryl methyl sites for hydroxylation is 1. The summed E-state index contributed by atoms with van der Waals surface area (Å²) in [6, 6.07) is 0.336. The summed E-state index contributed by atoms with van der Waals surface area (Å²) in [6.07, 6.45) is 4.05. The van der Waals surface area contributed by atoms with Gasteiger partial charge in [0.1, 0.15) is 4.90 Å². The van der Waals surface area contributed by atoms with Crippen LogP contribution >= 0.6 is 11.3 Å². The molecular formula is C15H26N2O2S2. The van der Waals surface area contributed by atoms with Crippen molar-refractivity contribution in [1.29, 1.82) is 0 Å². The second-order valence-corrected chi connectivity index (χ2v) is 9.16. The van der Waals surface area contributed by atoms with Crippen molar-refractivity contribution in [2.24, 2.45) is 0 Å². The molecule has 1 aliphatic rings. The van der Waals surface area contributed by atoms with E-state index in [1.165, 1.54) is 11.3 Å². The summed E-state index contributed by atoms with van der Waals surface area (Å²) >= 11 is 1.52. The Balaban J connectivity index is 2.25. The van der Waals surface area contributed by atoms with E-state index in [9.17, 15) is 8.42 Å². The Morgan fingerprint density at radius 2 is 1.95 bits per heavy atom. The molecule has 1 saturated carbocycles. The Kier molecular flexibility index (Phi) is 5.13. The second kappa shape index (κ2) is 6.36. The van der Waals surface area contributed by atoms with Crippen molar-refractivity contribution in [3.63, 3.8) is 0 Å². The monoisotopic (exact) mass is 330 g/mol. The Labute approximate surface area is 132 Å².